The first-order chi connectivity index (χ1) is 14.1. The number of benzene rings is 1. The van der Waals surface area contributed by atoms with Gasteiger partial charge in [0.05, 0.1) is 16.3 Å². The summed E-state index contributed by atoms with van der Waals surface area (Å²) < 4.78 is 30.8. The van der Waals surface area contributed by atoms with E-state index in [9.17, 15) is 18.0 Å². The number of pyridine rings is 1. The van der Waals surface area contributed by atoms with E-state index in [1.54, 1.807) is 6.07 Å². The molecule has 160 valence electrons. The molecule has 1 aromatic heterocycles. The van der Waals surface area contributed by atoms with E-state index in [4.69, 9.17) is 27.9 Å². The van der Waals surface area contributed by atoms with Gasteiger partial charge in [0.15, 0.2) is 11.9 Å². The summed E-state index contributed by atoms with van der Waals surface area (Å²) in [5, 5.41) is 2.88. The normalized spacial score (nSPS) is 17.7. The fourth-order valence-corrected chi connectivity index (χ4v) is 4.50. The van der Waals surface area contributed by atoms with E-state index < -0.39 is 34.0 Å². The number of fused-ring (bicyclic) bond motifs is 1. The average molecular weight is 472 g/mol. The molecule has 0 spiro atoms. The average Bonchev–Trinajstić information content (AvgIpc) is 2.68. The van der Waals surface area contributed by atoms with Crippen LogP contribution in [0, 0.1) is 0 Å². The summed E-state index contributed by atoms with van der Waals surface area (Å²) in [5.41, 5.74) is 1.68. The molecule has 3 rings (SSSR count). The summed E-state index contributed by atoms with van der Waals surface area (Å²) in [6, 6.07) is 7.61. The Hall–Kier alpha value is -2.20. The van der Waals surface area contributed by atoms with Gasteiger partial charge in [0.2, 0.25) is 10.0 Å². The highest BCUT2D eigenvalue weighted by atomic mass is 35.5. The van der Waals surface area contributed by atoms with Gasteiger partial charge in [-0.15, -0.1) is 0 Å². The topological polar surface area (TPSA) is 106 Å². The number of rotatable bonds is 5. The predicted octanol–water partition coefficient (Wildman–Crippen LogP) is 2.65. The van der Waals surface area contributed by atoms with Crippen molar-refractivity contribution >= 4 is 50.9 Å². The molecule has 1 aromatic carbocycles. The molecule has 1 aliphatic rings. The Morgan fingerprint density at radius 2 is 1.93 bits per heavy atom. The van der Waals surface area contributed by atoms with Crippen molar-refractivity contribution in [3.05, 3.63) is 57.7 Å². The number of hydrogen-bond acceptors (Lipinski definition) is 6. The van der Waals surface area contributed by atoms with E-state index in [0.29, 0.717) is 5.02 Å². The maximum absolute atomic E-state index is 12.8. The lowest BCUT2D eigenvalue weighted by molar-refractivity contribution is -0.157. The highest BCUT2D eigenvalue weighted by Gasteiger charge is 2.39. The van der Waals surface area contributed by atoms with Crippen LogP contribution in [0.3, 0.4) is 0 Å². The smallest absolute Gasteiger partial charge is 0.325 e. The lowest BCUT2D eigenvalue weighted by Gasteiger charge is -2.33. The first-order valence-corrected chi connectivity index (χ1v) is 11.5. The molecule has 2 aromatic rings. The molecule has 0 radical (unpaired) electrons. The fraction of sp³-hybridized carbons (Fsp3) is 0.316. The van der Waals surface area contributed by atoms with Crippen molar-refractivity contribution in [3.63, 3.8) is 0 Å². The largest absolute Gasteiger partial charge is 0.451 e. The van der Waals surface area contributed by atoms with Crippen LogP contribution < -0.4 is 5.32 Å². The van der Waals surface area contributed by atoms with Crippen LogP contribution in [-0.2, 0) is 37.3 Å². The molecule has 1 aliphatic heterocycles. The van der Waals surface area contributed by atoms with Crippen LogP contribution in [0.4, 0.5) is 5.82 Å². The molecule has 0 fully saturated rings. The van der Waals surface area contributed by atoms with Crippen LogP contribution in [-0.4, -0.2) is 48.0 Å². The Morgan fingerprint density at radius 3 is 2.57 bits per heavy atom. The number of carbonyl (C=O) groups excluding carboxylic acids is 2. The fourth-order valence-electron chi connectivity index (χ4n) is 3.08. The molecule has 2 heterocycles. The molecule has 0 saturated carbocycles. The molecule has 0 bridgehead atoms. The third kappa shape index (κ3) is 5.10. The van der Waals surface area contributed by atoms with Gasteiger partial charge in [-0.25, -0.2) is 13.4 Å². The van der Waals surface area contributed by atoms with E-state index in [1.165, 1.54) is 19.2 Å². The Bertz CT molecular complexity index is 1090. The number of carbonyl (C=O) groups is 2. The van der Waals surface area contributed by atoms with Gasteiger partial charge in [-0.2, -0.15) is 4.31 Å². The van der Waals surface area contributed by atoms with E-state index in [2.05, 4.69) is 10.3 Å². The molecule has 0 unspecified atom stereocenters. The second kappa shape index (κ2) is 8.89. The second-order valence-electron chi connectivity index (χ2n) is 6.85. The van der Waals surface area contributed by atoms with Crippen molar-refractivity contribution in [3.8, 4) is 0 Å². The zero-order valence-corrected chi connectivity index (χ0v) is 18.5. The standard InChI is InChI=1S/C19H19Cl2N3O5S/c1-11(18(25)23-17-15(21)8-14(20)9-22-17)29-19(26)16-7-12-5-3-4-6-13(12)10-24(16)30(2,27)28/h3-6,8-9,11,16H,7,10H2,1-2H3,(H,22,23,25)/t11-,16+/m1/s1. The van der Waals surface area contributed by atoms with E-state index in [0.717, 1.165) is 21.7 Å². The zero-order chi connectivity index (χ0) is 22.1. The molecule has 0 saturated heterocycles. The molecule has 30 heavy (non-hydrogen) atoms. The maximum Gasteiger partial charge on any atom is 0.325 e. The zero-order valence-electron chi connectivity index (χ0n) is 16.1. The highest BCUT2D eigenvalue weighted by Crippen LogP contribution is 2.27. The molecule has 8 nitrogen and oxygen atoms in total. The molecule has 1 amide bonds. The number of esters is 1. The van der Waals surface area contributed by atoms with Crippen molar-refractivity contribution in [2.75, 3.05) is 11.6 Å². The van der Waals surface area contributed by atoms with Crippen LogP contribution in [0.25, 0.3) is 0 Å². The molecular weight excluding hydrogens is 453 g/mol. The molecule has 1 N–H and O–H groups in total. The minimum absolute atomic E-state index is 0.0552. The summed E-state index contributed by atoms with van der Waals surface area (Å²) >= 11 is 11.8. The van der Waals surface area contributed by atoms with E-state index >= 15 is 0 Å². The van der Waals surface area contributed by atoms with Gasteiger partial charge in [-0.1, -0.05) is 47.5 Å². The lowest BCUT2D eigenvalue weighted by Crippen LogP contribution is -2.50. The van der Waals surface area contributed by atoms with Crippen molar-refractivity contribution < 1.29 is 22.7 Å². The van der Waals surface area contributed by atoms with Crippen molar-refractivity contribution in [1.82, 2.24) is 9.29 Å². The lowest BCUT2D eigenvalue weighted by atomic mass is 9.96. The predicted molar refractivity (Wildman–Crippen MR) is 113 cm³/mol. The van der Waals surface area contributed by atoms with Crippen LogP contribution in [0.1, 0.15) is 18.1 Å². The summed E-state index contributed by atoms with van der Waals surface area (Å²) in [6.45, 7) is 1.43. The monoisotopic (exact) mass is 471 g/mol. The van der Waals surface area contributed by atoms with Gasteiger partial charge >= 0.3 is 5.97 Å². The first kappa shape index (κ1) is 22.5. The van der Waals surface area contributed by atoms with E-state index in [-0.39, 0.29) is 23.8 Å². The first-order valence-electron chi connectivity index (χ1n) is 8.92. The molecule has 11 heteroatoms. The second-order valence-corrected chi connectivity index (χ2v) is 9.63. The Balaban J connectivity index is 1.73. The Morgan fingerprint density at radius 1 is 1.27 bits per heavy atom. The van der Waals surface area contributed by atoms with Gasteiger partial charge in [0, 0.05) is 19.2 Å². The van der Waals surface area contributed by atoms with Gasteiger partial charge in [0.25, 0.3) is 5.91 Å². The minimum atomic E-state index is -3.69. The third-order valence-corrected chi connectivity index (χ3v) is 6.35. The summed E-state index contributed by atoms with van der Waals surface area (Å²) in [4.78, 5) is 29.1. The van der Waals surface area contributed by atoms with Gasteiger partial charge in [-0.3, -0.25) is 9.59 Å². The van der Waals surface area contributed by atoms with Crippen molar-refractivity contribution in [1.29, 1.82) is 0 Å². The number of nitrogens with zero attached hydrogens (tertiary/aromatic N) is 2. The van der Waals surface area contributed by atoms with Crippen molar-refractivity contribution in [2.45, 2.75) is 32.0 Å². The number of ether oxygens (including phenoxy) is 1. The molecular formula is C19H19Cl2N3O5S. The third-order valence-electron chi connectivity index (χ3n) is 4.62. The van der Waals surface area contributed by atoms with Gasteiger partial charge in [0.1, 0.15) is 6.04 Å². The number of amides is 1. The van der Waals surface area contributed by atoms with Crippen LogP contribution in [0.5, 0.6) is 0 Å². The highest BCUT2D eigenvalue weighted by molar-refractivity contribution is 7.88. The SMILES string of the molecule is C[C@@H](OC(=O)[C@@H]1Cc2ccccc2CN1S(C)(=O)=O)C(=O)Nc1ncc(Cl)cc1Cl. The summed E-state index contributed by atoms with van der Waals surface area (Å²) in [6.07, 6.45) is 1.29. The number of hydrogen-bond donors (Lipinski definition) is 1. The van der Waals surface area contributed by atoms with Crippen LogP contribution >= 0.6 is 23.2 Å². The summed E-state index contributed by atoms with van der Waals surface area (Å²) in [7, 11) is -3.69. The van der Waals surface area contributed by atoms with Crippen molar-refractivity contribution in [2.24, 2.45) is 0 Å². The van der Waals surface area contributed by atoms with Crippen LogP contribution in [0.2, 0.25) is 10.0 Å². The van der Waals surface area contributed by atoms with Gasteiger partial charge < -0.3 is 10.1 Å². The van der Waals surface area contributed by atoms with E-state index in [1.807, 2.05) is 18.2 Å². The number of halogens is 2. The quantitative estimate of drug-likeness (QED) is 0.671. The molecule has 2 atom stereocenters. The Labute approximate surface area is 184 Å². The Kier molecular flexibility index (Phi) is 6.66. The molecule has 0 aliphatic carbocycles. The number of anilines is 1. The number of aromatic nitrogens is 1. The van der Waals surface area contributed by atoms with Gasteiger partial charge in [-0.05, 0) is 24.1 Å². The number of nitrogens with one attached hydrogen (secondary N) is 1. The summed E-state index contributed by atoms with van der Waals surface area (Å²) in [5.74, 6) is -1.41. The maximum atomic E-state index is 12.8. The minimum Gasteiger partial charge on any atom is -0.451 e. The number of sulfonamides is 1. The van der Waals surface area contributed by atoms with Crippen LogP contribution in [0.15, 0.2) is 36.5 Å².